The third kappa shape index (κ3) is 4.51. The highest BCUT2D eigenvalue weighted by molar-refractivity contribution is 6.27. The lowest BCUT2D eigenvalue weighted by atomic mass is 9.75. The number of amides is 1. The summed E-state index contributed by atoms with van der Waals surface area (Å²) in [5.41, 5.74) is 4.69. The van der Waals surface area contributed by atoms with E-state index in [1.165, 1.54) is 0 Å². The quantitative estimate of drug-likeness (QED) is 0.391. The fraction of sp³-hybridized carbons (Fsp3) is 0.292. The fourth-order valence-corrected chi connectivity index (χ4v) is 3.97. The van der Waals surface area contributed by atoms with E-state index in [0.29, 0.717) is 35.1 Å². The number of nitrogens with one attached hydrogen (secondary N) is 1. The predicted molar refractivity (Wildman–Crippen MR) is 110 cm³/mol. The van der Waals surface area contributed by atoms with E-state index in [2.05, 4.69) is 0 Å². The number of benzene rings is 2. The monoisotopic (exact) mass is 391 g/mol. The van der Waals surface area contributed by atoms with E-state index < -0.39 is 5.91 Å². The number of carbonyl (C=O) groups excluding carboxylic acids is 3. The Kier molecular flexibility index (Phi) is 6.73. The summed E-state index contributed by atoms with van der Waals surface area (Å²) < 4.78 is 0. The Hall–Kier alpha value is -3.05. The molecule has 2 N–H and O–H groups in total. The van der Waals surface area contributed by atoms with E-state index in [1.54, 1.807) is 36.7 Å². The van der Waals surface area contributed by atoms with Gasteiger partial charge in [-0.25, -0.2) is 5.48 Å². The number of rotatable bonds is 8. The molecule has 3 rings (SSSR count). The van der Waals surface area contributed by atoms with Crippen molar-refractivity contribution in [3.05, 3.63) is 82.4 Å². The summed E-state index contributed by atoms with van der Waals surface area (Å²) in [5, 5.41) is 8.59. The Bertz CT molecular complexity index is 946. The minimum atomic E-state index is -0.396. The second-order valence-electron chi connectivity index (χ2n) is 7.34. The molecule has 2 aromatic rings. The van der Waals surface area contributed by atoms with Gasteiger partial charge in [0.1, 0.15) is 0 Å². The van der Waals surface area contributed by atoms with E-state index in [4.69, 9.17) is 5.21 Å². The van der Waals surface area contributed by atoms with Crippen LogP contribution in [0.25, 0.3) is 0 Å². The topological polar surface area (TPSA) is 83.5 Å². The zero-order valence-electron chi connectivity index (χ0n) is 16.5. The van der Waals surface area contributed by atoms with Crippen molar-refractivity contribution in [2.75, 3.05) is 0 Å². The molecule has 1 aliphatic carbocycles. The first-order chi connectivity index (χ1) is 14.0. The number of fused-ring (bicyclic) bond motifs is 1. The molecule has 0 fully saturated rings. The molecule has 0 spiro atoms. The third-order valence-corrected chi connectivity index (χ3v) is 5.48. The van der Waals surface area contributed by atoms with Crippen LogP contribution in [0.15, 0.2) is 65.7 Å². The maximum Gasteiger partial charge on any atom is 0.243 e. The van der Waals surface area contributed by atoms with E-state index in [-0.39, 0.29) is 23.9 Å². The number of ketones is 2. The normalized spacial score (nSPS) is 14.6. The lowest BCUT2D eigenvalue weighted by Crippen LogP contribution is -2.24. The predicted octanol–water partition coefficient (Wildman–Crippen LogP) is 4.62. The molecule has 1 atom stereocenters. The van der Waals surface area contributed by atoms with Crippen LogP contribution in [0.2, 0.25) is 0 Å². The number of carbonyl (C=O) groups is 3. The molecule has 0 heterocycles. The first-order valence-corrected chi connectivity index (χ1v) is 9.91. The zero-order chi connectivity index (χ0) is 20.8. The Balaban J connectivity index is 1.86. The molecule has 2 aromatic carbocycles. The van der Waals surface area contributed by atoms with Crippen molar-refractivity contribution in [3.8, 4) is 0 Å². The summed E-state index contributed by atoms with van der Waals surface area (Å²) >= 11 is 0. The number of hydroxylamine groups is 1. The summed E-state index contributed by atoms with van der Waals surface area (Å²) in [7, 11) is 0. The molecule has 0 aliphatic heterocycles. The lowest BCUT2D eigenvalue weighted by molar-refractivity contribution is -0.129. The molecular weight excluding hydrogens is 366 g/mol. The van der Waals surface area contributed by atoms with Crippen LogP contribution in [0.4, 0.5) is 0 Å². The molecule has 0 aromatic heterocycles. The van der Waals surface area contributed by atoms with Crippen LogP contribution in [0, 0.1) is 0 Å². The molecule has 1 unspecified atom stereocenters. The standard InChI is InChI=1S/C24H25NO4/c1-16-22(24(28)20-14-9-8-13-19(20)23(16)27)18(17-10-4-2-5-11-17)12-6-3-7-15-21(26)25-29/h2,4-5,8-11,13-14,18,29H,3,6-7,12,15H2,1H3,(H,25,26). The van der Waals surface area contributed by atoms with Crippen molar-refractivity contribution in [1.82, 2.24) is 5.48 Å². The summed E-state index contributed by atoms with van der Waals surface area (Å²) in [6, 6.07) is 16.8. The number of hydrogen-bond acceptors (Lipinski definition) is 4. The van der Waals surface area contributed by atoms with Crippen LogP contribution < -0.4 is 5.48 Å². The highest BCUT2D eigenvalue weighted by Crippen LogP contribution is 2.38. The van der Waals surface area contributed by atoms with Gasteiger partial charge in [-0.15, -0.1) is 0 Å². The highest BCUT2D eigenvalue weighted by Gasteiger charge is 2.34. The number of unbranched alkanes of at least 4 members (excludes halogenated alkanes) is 2. The van der Waals surface area contributed by atoms with Crippen LogP contribution in [0.3, 0.4) is 0 Å². The molecule has 0 saturated carbocycles. The maximum absolute atomic E-state index is 13.3. The van der Waals surface area contributed by atoms with E-state index in [0.717, 1.165) is 18.4 Å². The van der Waals surface area contributed by atoms with Crippen LogP contribution >= 0.6 is 0 Å². The second-order valence-corrected chi connectivity index (χ2v) is 7.34. The van der Waals surface area contributed by atoms with Gasteiger partial charge in [-0.3, -0.25) is 19.6 Å². The summed E-state index contributed by atoms with van der Waals surface area (Å²) in [6.07, 6.45) is 3.22. The number of allylic oxidation sites excluding steroid dienone is 2. The van der Waals surface area contributed by atoms with Gasteiger partial charge in [0.05, 0.1) is 0 Å². The smallest absolute Gasteiger partial charge is 0.243 e. The largest absolute Gasteiger partial charge is 0.289 e. The molecule has 1 amide bonds. The van der Waals surface area contributed by atoms with E-state index in [9.17, 15) is 14.4 Å². The van der Waals surface area contributed by atoms with Crippen molar-refractivity contribution in [2.45, 2.75) is 44.9 Å². The van der Waals surface area contributed by atoms with Gasteiger partial charge in [-0.1, -0.05) is 67.4 Å². The zero-order valence-corrected chi connectivity index (χ0v) is 16.5. The molecule has 150 valence electrons. The minimum absolute atomic E-state index is 0.0776. The Morgan fingerprint density at radius 2 is 1.52 bits per heavy atom. The highest BCUT2D eigenvalue weighted by atomic mass is 16.5. The molecule has 5 heteroatoms. The van der Waals surface area contributed by atoms with E-state index >= 15 is 0 Å². The van der Waals surface area contributed by atoms with Crippen LogP contribution in [-0.4, -0.2) is 22.7 Å². The molecule has 1 aliphatic rings. The first kappa shape index (κ1) is 20.7. The van der Waals surface area contributed by atoms with Gasteiger partial charge in [-0.2, -0.15) is 0 Å². The molecule has 0 radical (unpaired) electrons. The van der Waals surface area contributed by atoms with Crippen molar-refractivity contribution in [3.63, 3.8) is 0 Å². The van der Waals surface area contributed by atoms with Crippen molar-refractivity contribution in [2.24, 2.45) is 0 Å². The van der Waals surface area contributed by atoms with Crippen molar-refractivity contribution < 1.29 is 19.6 Å². The molecular formula is C24H25NO4. The summed E-state index contributed by atoms with van der Waals surface area (Å²) in [6.45, 7) is 1.74. The lowest BCUT2D eigenvalue weighted by Gasteiger charge is -2.26. The number of Topliss-reactive ketones (excluding diaryl/α,β-unsaturated/α-hetero) is 2. The number of hydrogen-bond donors (Lipinski definition) is 2. The van der Waals surface area contributed by atoms with Gasteiger partial charge < -0.3 is 0 Å². The van der Waals surface area contributed by atoms with E-state index in [1.807, 2.05) is 30.3 Å². The van der Waals surface area contributed by atoms with Crippen molar-refractivity contribution >= 4 is 17.5 Å². The molecule has 0 bridgehead atoms. The average molecular weight is 391 g/mol. The van der Waals surface area contributed by atoms with Gasteiger partial charge in [-0.05, 0) is 25.3 Å². The molecule has 5 nitrogen and oxygen atoms in total. The van der Waals surface area contributed by atoms with Crippen LogP contribution in [-0.2, 0) is 4.79 Å². The van der Waals surface area contributed by atoms with Gasteiger partial charge in [0, 0.05) is 34.6 Å². The third-order valence-electron chi connectivity index (χ3n) is 5.48. The van der Waals surface area contributed by atoms with Crippen molar-refractivity contribution in [1.29, 1.82) is 0 Å². The van der Waals surface area contributed by atoms with Crippen LogP contribution in [0.5, 0.6) is 0 Å². The molecule has 0 saturated heterocycles. The van der Waals surface area contributed by atoms with Gasteiger partial charge >= 0.3 is 0 Å². The Morgan fingerprint density at radius 1 is 0.897 bits per heavy atom. The Labute approximate surface area is 170 Å². The Morgan fingerprint density at radius 3 is 2.17 bits per heavy atom. The second kappa shape index (κ2) is 9.43. The van der Waals surface area contributed by atoms with Gasteiger partial charge in [0.15, 0.2) is 11.6 Å². The fourth-order valence-electron chi connectivity index (χ4n) is 3.97. The SMILES string of the molecule is CC1=C(C(CCCCCC(=O)NO)c2ccccc2)C(=O)c2ccccc2C1=O. The minimum Gasteiger partial charge on any atom is -0.289 e. The first-order valence-electron chi connectivity index (χ1n) is 9.91. The molecule has 29 heavy (non-hydrogen) atoms. The average Bonchev–Trinajstić information content (AvgIpc) is 2.76. The van der Waals surface area contributed by atoms with Gasteiger partial charge in [0.2, 0.25) is 5.91 Å². The van der Waals surface area contributed by atoms with Gasteiger partial charge in [0.25, 0.3) is 0 Å². The summed E-state index contributed by atoms with van der Waals surface area (Å²) in [5.74, 6) is -0.734. The van der Waals surface area contributed by atoms with Crippen LogP contribution in [0.1, 0.15) is 71.2 Å². The summed E-state index contributed by atoms with van der Waals surface area (Å²) in [4.78, 5) is 37.4. The maximum atomic E-state index is 13.3.